The number of carbonyl (C=O) groups is 2. The minimum atomic E-state index is -0.993. The van der Waals surface area contributed by atoms with Crippen LogP contribution in [0.25, 0.3) is 0 Å². The molecule has 25 heavy (non-hydrogen) atoms. The lowest BCUT2D eigenvalue weighted by Gasteiger charge is -2.15. The summed E-state index contributed by atoms with van der Waals surface area (Å²) >= 11 is 5.97. The first-order valence-electron chi connectivity index (χ1n) is 7.32. The van der Waals surface area contributed by atoms with E-state index in [0.29, 0.717) is 16.5 Å². The number of hydrogen-bond donors (Lipinski definition) is 1. The van der Waals surface area contributed by atoms with Crippen LogP contribution in [0.5, 0.6) is 17.4 Å². The Balaban J connectivity index is 1.88. The van der Waals surface area contributed by atoms with Crippen LogP contribution < -0.4 is 19.7 Å². The molecule has 1 aromatic carbocycles. The molecule has 0 saturated carbocycles. The molecule has 3 rings (SSSR count). The average molecular weight is 363 g/mol. The minimum Gasteiger partial charge on any atom is -0.495 e. The number of carbonyl (C=O) groups excluding carboxylic acids is 2. The van der Waals surface area contributed by atoms with E-state index in [9.17, 15) is 9.59 Å². The Bertz CT molecular complexity index is 856. The summed E-state index contributed by atoms with van der Waals surface area (Å²) in [6.07, 6.45) is 1.21. The van der Waals surface area contributed by atoms with Crippen molar-refractivity contribution in [3.63, 3.8) is 0 Å². The summed E-state index contributed by atoms with van der Waals surface area (Å²) in [5, 5.41) is 3.03. The normalized spacial score (nSPS) is 15.9. The van der Waals surface area contributed by atoms with Gasteiger partial charge in [-0.1, -0.05) is 11.6 Å². The molecule has 8 nitrogen and oxygen atoms in total. The Labute approximate surface area is 148 Å². The highest BCUT2D eigenvalue weighted by molar-refractivity contribution is 6.32. The molecule has 0 radical (unpaired) electrons. The number of methoxy groups -OCH3 is 1. The Morgan fingerprint density at radius 3 is 2.60 bits per heavy atom. The molecule has 1 aliphatic rings. The number of nitrogens with zero attached hydrogens (tertiary/aromatic N) is 3. The fourth-order valence-electron chi connectivity index (χ4n) is 2.29. The van der Waals surface area contributed by atoms with Crippen molar-refractivity contribution in [2.45, 2.75) is 19.4 Å². The fraction of sp³-hybridized carbons (Fsp3) is 0.250. The predicted octanol–water partition coefficient (Wildman–Crippen LogP) is 2.77. The molecule has 0 spiro atoms. The third-order valence-electron chi connectivity index (χ3n) is 3.56. The number of urea groups is 1. The van der Waals surface area contributed by atoms with Gasteiger partial charge in [-0.05, 0) is 26.0 Å². The molecular weight excluding hydrogens is 348 g/mol. The van der Waals surface area contributed by atoms with E-state index < -0.39 is 17.5 Å². The molecule has 1 aromatic heterocycles. The van der Waals surface area contributed by atoms with E-state index in [1.165, 1.54) is 19.5 Å². The molecule has 1 fully saturated rings. The number of halogens is 1. The summed E-state index contributed by atoms with van der Waals surface area (Å²) in [4.78, 5) is 33.3. The number of imide groups is 1. The third-order valence-corrected chi connectivity index (χ3v) is 3.87. The summed E-state index contributed by atoms with van der Waals surface area (Å²) < 4.78 is 10.8. The van der Waals surface area contributed by atoms with Gasteiger partial charge in [0.15, 0.2) is 5.82 Å². The van der Waals surface area contributed by atoms with Crippen molar-refractivity contribution < 1.29 is 19.1 Å². The largest absolute Gasteiger partial charge is 0.495 e. The van der Waals surface area contributed by atoms with Crippen LogP contribution in [-0.4, -0.2) is 34.6 Å². The predicted molar refractivity (Wildman–Crippen MR) is 90.2 cm³/mol. The fourth-order valence-corrected chi connectivity index (χ4v) is 2.48. The summed E-state index contributed by atoms with van der Waals surface area (Å²) in [6.45, 7) is 3.23. The van der Waals surface area contributed by atoms with E-state index in [1.54, 1.807) is 32.0 Å². The van der Waals surface area contributed by atoms with Crippen molar-refractivity contribution in [2.24, 2.45) is 0 Å². The highest BCUT2D eigenvalue weighted by Crippen LogP contribution is 2.31. The van der Waals surface area contributed by atoms with Gasteiger partial charge in [-0.3, -0.25) is 4.79 Å². The zero-order valence-corrected chi connectivity index (χ0v) is 14.5. The minimum absolute atomic E-state index is 0.124. The number of rotatable bonds is 4. The van der Waals surface area contributed by atoms with Crippen molar-refractivity contribution in [3.05, 3.63) is 35.6 Å². The van der Waals surface area contributed by atoms with Crippen LogP contribution in [-0.2, 0) is 4.79 Å². The number of ether oxygens (including phenoxy) is 2. The van der Waals surface area contributed by atoms with Crippen molar-refractivity contribution in [1.82, 2.24) is 15.3 Å². The van der Waals surface area contributed by atoms with Crippen LogP contribution >= 0.6 is 11.6 Å². The molecule has 2 aromatic rings. The lowest BCUT2D eigenvalue weighted by molar-refractivity contribution is -0.121. The highest BCUT2D eigenvalue weighted by atomic mass is 35.5. The number of aromatic nitrogens is 2. The lowest BCUT2D eigenvalue weighted by atomic mass is 10.1. The number of amides is 3. The van der Waals surface area contributed by atoms with E-state index in [4.69, 9.17) is 21.1 Å². The van der Waals surface area contributed by atoms with Crippen LogP contribution in [0.1, 0.15) is 13.8 Å². The van der Waals surface area contributed by atoms with E-state index in [0.717, 1.165) is 4.90 Å². The molecule has 3 amide bonds. The van der Waals surface area contributed by atoms with Crippen LogP contribution in [0.3, 0.4) is 0 Å². The van der Waals surface area contributed by atoms with E-state index in [1.807, 2.05) is 0 Å². The van der Waals surface area contributed by atoms with E-state index in [2.05, 4.69) is 15.3 Å². The number of benzene rings is 1. The van der Waals surface area contributed by atoms with Crippen LogP contribution in [0.4, 0.5) is 10.6 Å². The van der Waals surface area contributed by atoms with Crippen molar-refractivity contribution in [3.8, 4) is 17.4 Å². The monoisotopic (exact) mass is 362 g/mol. The van der Waals surface area contributed by atoms with Crippen LogP contribution in [0, 0.1) is 0 Å². The van der Waals surface area contributed by atoms with Gasteiger partial charge >= 0.3 is 6.03 Å². The summed E-state index contributed by atoms with van der Waals surface area (Å²) in [5.41, 5.74) is -0.993. The zero-order valence-electron chi connectivity index (χ0n) is 13.7. The van der Waals surface area contributed by atoms with Gasteiger partial charge in [-0.15, -0.1) is 0 Å². The van der Waals surface area contributed by atoms with E-state index in [-0.39, 0.29) is 11.7 Å². The van der Waals surface area contributed by atoms with Gasteiger partial charge in [0.1, 0.15) is 23.4 Å². The Morgan fingerprint density at radius 1 is 1.20 bits per heavy atom. The number of nitrogens with one attached hydrogen (secondary N) is 1. The summed E-state index contributed by atoms with van der Waals surface area (Å²) in [6, 6.07) is 5.72. The topological polar surface area (TPSA) is 93.7 Å². The van der Waals surface area contributed by atoms with E-state index >= 15 is 0 Å². The Hall–Kier alpha value is -2.87. The maximum Gasteiger partial charge on any atom is 0.330 e. The Kier molecular flexibility index (Phi) is 4.22. The van der Waals surface area contributed by atoms with Gasteiger partial charge < -0.3 is 14.8 Å². The first kappa shape index (κ1) is 17.0. The molecule has 2 heterocycles. The molecule has 0 aliphatic carbocycles. The maximum atomic E-state index is 12.3. The second-order valence-electron chi connectivity index (χ2n) is 5.81. The standard InChI is InChI=1S/C16H15ClN4O4/c1-16(2)14(22)21(15(23)20-16)12-7-13(19-8-18-12)25-9-4-5-10(17)11(6-9)24-3/h4-8H,1-3H3,(H,20,23). The van der Waals surface area contributed by atoms with Crippen LogP contribution in [0.2, 0.25) is 5.02 Å². The third kappa shape index (κ3) is 3.20. The SMILES string of the molecule is COc1cc(Oc2cc(N3C(=O)NC(C)(C)C3=O)ncn2)ccc1Cl. The van der Waals surface area contributed by atoms with Gasteiger partial charge in [0, 0.05) is 12.1 Å². The molecule has 9 heteroatoms. The molecule has 1 aliphatic heterocycles. The summed E-state index contributed by atoms with van der Waals surface area (Å²) in [7, 11) is 1.49. The highest BCUT2D eigenvalue weighted by Gasteiger charge is 2.45. The van der Waals surface area contributed by atoms with Crippen molar-refractivity contribution >= 4 is 29.4 Å². The van der Waals surface area contributed by atoms with Crippen molar-refractivity contribution in [2.75, 3.05) is 12.0 Å². The first-order chi connectivity index (χ1) is 11.8. The van der Waals surface area contributed by atoms with Gasteiger partial charge in [0.25, 0.3) is 5.91 Å². The maximum absolute atomic E-state index is 12.3. The van der Waals surface area contributed by atoms with Gasteiger partial charge in [0.2, 0.25) is 5.88 Å². The second-order valence-corrected chi connectivity index (χ2v) is 6.22. The molecule has 0 atom stereocenters. The first-order valence-corrected chi connectivity index (χ1v) is 7.70. The second kappa shape index (κ2) is 6.21. The summed E-state index contributed by atoms with van der Waals surface area (Å²) in [5.74, 6) is 0.765. The Morgan fingerprint density at radius 2 is 1.96 bits per heavy atom. The number of hydrogen-bond acceptors (Lipinski definition) is 6. The van der Waals surface area contributed by atoms with Gasteiger partial charge in [-0.2, -0.15) is 0 Å². The molecule has 130 valence electrons. The van der Waals surface area contributed by atoms with Crippen LogP contribution in [0.15, 0.2) is 30.6 Å². The quantitative estimate of drug-likeness (QED) is 0.840. The molecule has 1 N–H and O–H groups in total. The number of anilines is 1. The zero-order chi connectivity index (χ0) is 18.2. The van der Waals surface area contributed by atoms with Gasteiger partial charge in [0.05, 0.1) is 12.1 Å². The smallest absolute Gasteiger partial charge is 0.330 e. The van der Waals surface area contributed by atoms with Gasteiger partial charge in [-0.25, -0.2) is 19.7 Å². The average Bonchev–Trinajstić information content (AvgIpc) is 2.77. The molecular formula is C16H15ClN4O4. The molecule has 0 bridgehead atoms. The van der Waals surface area contributed by atoms with Crippen molar-refractivity contribution in [1.29, 1.82) is 0 Å². The molecule has 1 saturated heterocycles. The lowest BCUT2D eigenvalue weighted by Crippen LogP contribution is -2.40. The molecule has 0 unspecified atom stereocenters.